The monoisotopic (exact) mass is 119 g/mol. The average molecular weight is 119 g/mol. The van der Waals surface area contributed by atoms with Crippen LogP contribution in [0.5, 0.6) is 0 Å². The van der Waals surface area contributed by atoms with Gasteiger partial charge in [-0.25, -0.2) is 0 Å². The van der Waals surface area contributed by atoms with Crippen LogP contribution in [0.4, 0.5) is 0 Å². The van der Waals surface area contributed by atoms with E-state index in [1.54, 1.807) is 0 Å². The van der Waals surface area contributed by atoms with Gasteiger partial charge in [-0.05, 0) is 0 Å². The second kappa shape index (κ2) is 6.52. The van der Waals surface area contributed by atoms with Crippen molar-refractivity contribution in [1.82, 2.24) is 0 Å². The predicted molar refractivity (Wildman–Crippen MR) is 28.5 cm³/mol. The van der Waals surface area contributed by atoms with E-state index in [9.17, 15) is 4.91 Å². The topological polar surface area (TPSA) is 47.9 Å². The Labute approximate surface area is 47.8 Å². The summed E-state index contributed by atoms with van der Waals surface area (Å²) in [6.45, 7) is 0.774. The maximum absolute atomic E-state index is 9.40. The number of hydrogen-bond acceptors (Lipinski definition) is 4. The minimum absolute atomic E-state index is 0.198. The van der Waals surface area contributed by atoms with E-state index in [4.69, 9.17) is 4.74 Å². The Kier molecular flexibility index (Phi) is 6.13. The fourth-order valence-corrected chi connectivity index (χ4v) is 0.244. The van der Waals surface area contributed by atoms with Crippen molar-refractivity contribution in [3.8, 4) is 0 Å². The third kappa shape index (κ3) is 5.52. The molecular formula is C4H9NO3. The van der Waals surface area contributed by atoms with Crippen molar-refractivity contribution < 1.29 is 9.47 Å². The Morgan fingerprint density at radius 2 is 2.38 bits per heavy atom. The fourth-order valence-electron chi connectivity index (χ4n) is 0.244. The van der Waals surface area contributed by atoms with Crippen LogP contribution in [0.3, 0.4) is 0 Å². The summed E-state index contributed by atoms with van der Waals surface area (Å²) in [6.07, 6.45) is 0. The normalized spacial score (nSPS) is 9.12. The molecule has 0 spiro atoms. The van der Waals surface area contributed by atoms with Crippen molar-refractivity contribution in [3.05, 3.63) is 4.91 Å². The van der Waals surface area contributed by atoms with Gasteiger partial charge >= 0.3 is 0 Å². The molecule has 0 amide bonds. The minimum atomic E-state index is 0.198. The van der Waals surface area contributed by atoms with Crippen molar-refractivity contribution in [2.24, 2.45) is 5.18 Å². The summed E-state index contributed by atoms with van der Waals surface area (Å²) in [5, 5.41) is 2.58. The van der Waals surface area contributed by atoms with Gasteiger partial charge in [0.25, 0.3) is 0 Å². The number of nitroso groups, excluding NO2 is 1. The van der Waals surface area contributed by atoms with Gasteiger partial charge in [0.05, 0.1) is 6.61 Å². The van der Waals surface area contributed by atoms with E-state index >= 15 is 0 Å². The highest BCUT2D eigenvalue weighted by molar-refractivity contribution is 4.34. The van der Waals surface area contributed by atoms with Gasteiger partial charge in [0, 0.05) is 7.11 Å². The van der Waals surface area contributed by atoms with Crippen LogP contribution < -0.4 is 0 Å². The molecule has 8 heavy (non-hydrogen) atoms. The summed E-state index contributed by atoms with van der Waals surface area (Å²) in [6, 6.07) is 0. The predicted octanol–water partition coefficient (Wildman–Crippen LogP) is 0.373. The van der Waals surface area contributed by atoms with E-state index in [1.165, 1.54) is 7.11 Å². The van der Waals surface area contributed by atoms with Crippen LogP contribution in [0.25, 0.3) is 0 Å². The van der Waals surface area contributed by atoms with Gasteiger partial charge in [-0.15, -0.1) is 0 Å². The highest BCUT2D eigenvalue weighted by Crippen LogP contribution is 1.74. The molecule has 0 aromatic carbocycles. The summed E-state index contributed by atoms with van der Waals surface area (Å²) in [7, 11) is 1.52. The van der Waals surface area contributed by atoms with Gasteiger partial charge in [-0.2, -0.15) is 4.91 Å². The molecule has 0 bridgehead atoms. The molecule has 0 aromatic heterocycles. The number of rotatable bonds is 5. The van der Waals surface area contributed by atoms with Gasteiger partial charge in [0.1, 0.15) is 13.3 Å². The lowest BCUT2D eigenvalue weighted by molar-refractivity contribution is -0.0271. The molecule has 0 radical (unpaired) electrons. The van der Waals surface area contributed by atoms with Crippen LogP contribution in [0.15, 0.2) is 5.18 Å². The molecule has 0 aromatic rings. The Balaban J connectivity index is 2.62. The van der Waals surface area contributed by atoms with E-state index in [-0.39, 0.29) is 13.3 Å². The zero-order valence-electron chi connectivity index (χ0n) is 4.79. The van der Waals surface area contributed by atoms with Crippen LogP contribution in [-0.2, 0) is 9.47 Å². The van der Waals surface area contributed by atoms with Crippen LogP contribution in [0.1, 0.15) is 0 Å². The quantitative estimate of drug-likeness (QED) is 0.298. The molecule has 0 aliphatic carbocycles. The Morgan fingerprint density at radius 3 is 2.88 bits per heavy atom. The summed E-state index contributed by atoms with van der Waals surface area (Å²) in [5.41, 5.74) is 0. The number of hydrogen-bond donors (Lipinski definition) is 0. The largest absolute Gasteiger partial charge is 0.359 e. The summed E-state index contributed by atoms with van der Waals surface area (Å²) in [4.78, 5) is 9.40. The first kappa shape index (κ1) is 7.52. The molecule has 0 aliphatic rings. The maximum Gasteiger partial charge on any atom is 0.146 e. The lowest BCUT2D eigenvalue weighted by Gasteiger charge is -1.95. The number of nitrogens with zero attached hydrogens (tertiary/aromatic N) is 1. The molecule has 48 valence electrons. The molecule has 0 rings (SSSR count). The van der Waals surface area contributed by atoms with Crippen molar-refractivity contribution in [2.75, 3.05) is 27.1 Å². The molecule has 0 aliphatic heterocycles. The van der Waals surface area contributed by atoms with Crippen molar-refractivity contribution in [3.63, 3.8) is 0 Å². The Morgan fingerprint density at radius 1 is 1.62 bits per heavy atom. The molecule has 0 saturated carbocycles. The van der Waals surface area contributed by atoms with Crippen LogP contribution >= 0.6 is 0 Å². The maximum atomic E-state index is 9.40. The SMILES string of the molecule is COCOCCN=O. The third-order valence-corrected chi connectivity index (χ3v) is 0.528. The smallest absolute Gasteiger partial charge is 0.146 e. The minimum Gasteiger partial charge on any atom is -0.359 e. The highest BCUT2D eigenvalue weighted by Gasteiger charge is 1.82. The second-order valence-electron chi connectivity index (χ2n) is 1.17. The zero-order chi connectivity index (χ0) is 6.24. The average Bonchev–Trinajstić information content (AvgIpc) is 1.81. The van der Waals surface area contributed by atoms with Crippen LogP contribution in [0, 0.1) is 4.91 Å². The number of methoxy groups -OCH3 is 1. The Bertz CT molecular complexity index is 57.2. The molecular weight excluding hydrogens is 110 g/mol. The van der Waals surface area contributed by atoms with Crippen LogP contribution in [-0.4, -0.2) is 27.1 Å². The van der Waals surface area contributed by atoms with Gasteiger partial charge in [0.2, 0.25) is 0 Å². The van der Waals surface area contributed by atoms with E-state index in [0.717, 1.165) is 0 Å². The van der Waals surface area contributed by atoms with E-state index in [2.05, 4.69) is 9.91 Å². The molecule has 0 atom stereocenters. The summed E-state index contributed by atoms with van der Waals surface area (Å²) < 4.78 is 9.23. The molecule has 4 nitrogen and oxygen atoms in total. The standard InChI is InChI=1S/C4H9NO3/c1-7-4-8-3-2-5-6/h2-4H2,1H3. The van der Waals surface area contributed by atoms with E-state index in [1.807, 2.05) is 0 Å². The third-order valence-electron chi connectivity index (χ3n) is 0.528. The zero-order valence-corrected chi connectivity index (χ0v) is 4.79. The molecule has 4 heteroatoms. The van der Waals surface area contributed by atoms with E-state index in [0.29, 0.717) is 6.61 Å². The van der Waals surface area contributed by atoms with Gasteiger partial charge in [-0.1, -0.05) is 5.18 Å². The van der Waals surface area contributed by atoms with Gasteiger partial charge < -0.3 is 9.47 Å². The van der Waals surface area contributed by atoms with Crippen molar-refractivity contribution >= 4 is 0 Å². The van der Waals surface area contributed by atoms with Crippen LogP contribution in [0.2, 0.25) is 0 Å². The lowest BCUT2D eigenvalue weighted by atomic mass is 10.7. The summed E-state index contributed by atoms with van der Waals surface area (Å²) >= 11 is 0. The first-order chi connectivity index (χ1) is 3.91. The second-order valence-corrected chi connectivity index (χ2v) is 1.17. The van der Waals surface area contributed by atoms with Crippen molar-refractivity contribution in [1.29, 1.82) is 0 Å². The highest BCUT2D eigenvalue weighted by atomic mass is 16.7. The first-order valence-corrected chi connectivity index (χ1v) is 2.27. The first-order valence-electron chi connectivity index (χ1n) is 2.27. The Hall–Kier alpha value is -0.480. The molecule has 0 saturated heterocycles. The van der Waals surface area contributed by atoms with Crippen molar-refractivity contribution in [2.45, 2.75) is 0 Å². The lowest BCUT2D eigenvalue weighted by Crippen LogP contribution is -2.00. The van der Waals surface area contributed by atoms with Gasteiger partial charge in [0.15, 0.2) is 0 Å². The summed E-state index contributed by atoms with van der Waals surface area (Å²) in [5.74, 6) is 0. The molecule has 0 heterocycles. The number of ether oxygens (including phenoxy) is 2. The molecule has 0 N–H and O–H groups in total. The molecule has 0 fully saturated rings. The fraction of sp³-hybridized carbons (Fsp3) is 1.00. The molecule has 0 unspecified atom stereocenters. The van der Waals surface area contributed by atoms with Gasteiger partial charge in [-0.3, -0.25) is 0 Å². The van der Waals surface area contributed by atoms with E-state index < -0.39 is 0 Å².